The predicted octanol–water partition coefficient (Wildman–Crippen LogP) is 2.98. The molecule has 6 nitrogen and oxygen atoms in total. The molecule has 0 aliphatic carbocycles. The molecule has 1 aromatic heterocycles. The van der Waals surface area contributed by atoms with E-state index in [1.165, 1.54) is 12.5 Å². The second kappa shape index (κ2) is 7.99. The maximum absolute atomic E-state index is 12.4. The third-order valence-corrected chi connectivity index (χ3v) is 4.39. The van der Waals surface area contributed by atoms with Gasteiger partial charge in [0.15, 0.2) is 0 Å². The Labute approximate surface area is 153 Å². The third-order valence-electron chi connectivity index (χ3n) is 4.39. The molecule has 0 spiro atoms. The fourth-order valence-corrected chi connectivity index (χ4v) is 3.07. The van der Waals surface area contributed by atoms with E-state index < -0.39 is 0 Å². The number of amides is 2. The van der Waals surface area contributed by atoms with Crippen LogP contribution in [0.5, 0.6) is 11.6 Å². The fourth-order valence-electron chi connectivity index (χ4n) is 3.07. The largest absolute Gasteiger partial charge is 0.439 e. The highest BCUT2D eigenvalue weighted by atomic mass is 16.5. The minimum absolute atomic E-state index is 0.0192. The molecule has 3 rings (SSSR count). The van der Waals surface area contributed by atoms with Gasteiger partial charge in [0.2, 0.25) is 17.7 Å². The lowest BCUT2D eigenvalue weighted by molar-refractivity contribution is -0.133. The van der Waals surface area contributed by atoms with Crippen LogP contribution in [0.3, 0.4) is 0 Å². The molecule has 0 bridgehead atoms. The summed E-state index contributed by atoms with van der Waals surface area (Å²) < 4.78 is 5.84. The van der Waals surface area contributed by atoms with Crippen LogP contribution in [-0.4, -0.2) is 34.8 Å². The number of hydrogen-bond acceptors (Lipinski definition) is 4. The Morgan fingerprint density at radius 1 is 1.23 bits per heavy atom. The zero-order valence-corrected chi connectivity index (χ0v) is 15.1. The molecular formula is C20H23N3O3. The SMILES string of the molecule is CC(=O)NCC(=O)N1CCC[C@H]1c1cccc(Oc2ccc(C)cc2)n1. The van der Waals surface area contributed by atoms with E-state index in [-0.39, 0.29) is 24.4 Å². The van der Waals surface area contributed by atoms with Gasteiger partial charge in [-0.2, -0.15) is 0 Å². The molecule has 1 aliphatic rings. The van der Waals surface area contributed by atoms with E-state index in [1.54, 1.807) is 4.90 Å². The quantitative estimate of drug-likeness (QED) is 0.897. The molecule has 1 atom stereocenters. The van der Waals surface area contributed by atoms with Crippen LogP contribution in [0.4, 0.5) is 0 Å². The van der Waals surface area contributed by atoms with E-state index >= 15 is 0 Å². The Morgan fingerprint density at radius 3 is 2.73 bits per heavy atom. The molecule has 136 valence electrons. The van der Waals surface area contributed by atoms with Gasteiger partial charge < -0.3 is 15.0 Å². The van der Waals surface area contributed by atoms with Gasteiger partial charge in [-0.1, -0.05) is 23.8 Å². The molecule has 1 saturated heterocycles. The van der Waals surface area contributed by atoms with Crippen LogP contribution in [0.2, 0.25) is 0 Å². The van der Waals surface area contributed by atoms with Crippen molar-refractivity contribution in [1.29, 1.82) is 0 Å². The van der Waals surface area contributed by atoms with Crippen molar-refractivity contribution in [2.24, 2.45) is 0 Å². The van der Waals surface area contributed by atoms with Gasteiger partial charge >= 0.3 is 0 Å². The van der Waals surface area contributed by atoms with Gasteiger partial charge in [-0.05, 0) is 38.0 Å². The first-order chi connectivity index (χ1) is 12.5. The smallest absolute Gasteiger partial charge is 0.242 e. The Kier molecular flexibility index (Phi) is 5.51. The Morgan fingerprint density at radius 2 is 2.00 bits per heavy atom. The lowest BCUT2D eigenvalue weighted by atomic mass is 10.1. The number of ether oxygens (including phenoxy) is 1. The van der Waals surface area contributed by atoms with E-state index in [9.17, 15) is 9.59 Å². The minimum Gasteiger partial charge on any atom is -0.439 e. The van der Waals surface area contributed by atoms with Crippen molar-refractivity contribution >= 4 is 11.8 Å². The summed E-state index contributed by atoms with van der Waals surface area (Å²) in [6.07, 6.45) is 1.77. The molecule has 1 aliphatic heterocycles. The van der Waals surface area contributed by atoms with Gasteiger partial charge in [0.25, 0.3) is 0 Å². The van der Waals surface area contributed by atoms with Crippen LogP contribution < -0.4 is 10.1 Å². The first-order valence-electron chi connectivity index (χ1n) is 8.78. The summed E-state index contributed by atoms with van der Waals surface area (Å²) >= 11 is 0. The molecule has 1 fully saturated rings. The van der Waals surface area contributed by atoms with E-state index in [0.29, 0.717) is 12.4 Å². The second-order valence-corrected chi connectivity index (χ2v) is 6.47. The highest BCUT2D eigenvalue weighted by Gasteiger charge is 2.30. The van der Waals surface area contributed by atoms with Gasteiger partial charge in [-0.25, -0.2) is 4.98 Å². The van der Waals surface area contributed by atoms with Gasteiger partial charge in [0.05, 0.1) is 18.3 Å². The number of nitrogens with zero attached hydrogens (tertiary/aromatic N) is 2. The summed E-state index contributed by atoms with van der Waals surface area (Å²) in [6.45, 7) is 4.12. The van der Waals surface area contributed by atoms with Crippen molar-refractivity contribution in [2.45, 2.75) is 32.7 Å². The molecule has 6 heteroatoms. The molecule has 2 amide bonds. The van der Waals surface area contributed by atoms with Crippen LogP contribution >= 0.6 is 0 Å². The minimum atomic E-state index is -0.208. The van der Waals surface area contributed by atoms with E-state index in [4.69, 9.17) is 4.74 Å². The molecule has 0 saturated carbocycles. The van der Waals surface area contributed by atoms with Gasteiger partial charge in [-0.3, -0.25) is 9.59 Å². The normalized spacial score (nSPS) is 16.4. The number of aromatic nitrogens is 1. The molecule has 2 aromatic rings. The topological polar surface area (TPSA) is 71.5 Å². The highest BCUT2D eigenvalue weighted by molar-refractivity contribution is 5.84. The van der Waals surface area contributed by atoms with Crippen molar-refractivity contribution in [3.8, 4) is 11.6 Å². The van der Waals surface area contributed by atoms with Crippen molar-refractivity contribution in [2.75, 3.05) is 13.1 Å². The standard InChI is InChI=1S/C20H23N3O3/c1-14-8-10-16(11-9-14)26-19-7-3-5-17(22-19)18-6-4-12-23(18)20(25)13-21-15(2)24/h3,5,7-11,18H,4,6,12-13H2,1-2H3,(H,21,24)/t18-/m0/s1. The van der Waals surface area contributed by atoms with E-state index in [0.717, 1.165) is 24.3 Å². The molecule has 1 N–H and O–H groups in total. The molecule has 2 heterocycles. The highest BCUT2D eigenvalue weighted by Crippen LogP contribution is 2.32. The van der Waals surface area contributed by atoms with Gasteiger partial charge in [0.1, 0.15) is 5.75 Å². The number of carbonyl (C=O) groups is 2. The zero-order chi connectivity index (χ0) is 18.5. The molecule has 1 aromatic carbocycles. The lowest BCUT2D eigenvalue weighted by Gasteiger charge is -2.24. The maximum Gasteiger partial charge on any atom is 0.242 e. The Balaban J connectivity index is 1.72. The summed E-state index contributed by atoms with van der Waals surface area (Å²) in [6, 6.07) is 13.3. The summed E-state index contributed by atoms with van der Waals surface area (Å²) in [5.41, 5.74) is 1.97. The summed E-state index contributed by atoms with van der Waals surface area (Å²) in [7, 11) is 0. The summed E-state index contributed by atoms with van der Waals surface area (Å²) in [5, 5.41) is 2.57. The molecule has 0 unspecified atom stereocenters. The van der Waals surface area contributed by atoms with Crippen molar-refractivity contribution in [3.05, 3.63) is 53.7 Å². The average Bonchev–Trinajstić information content (AvgIpc) is 3.12. The van der Waals surface area contributed by atoms with Crippen LogP contribution in [-0.2, 0) is 9.59 Å². The molecular weight excluding hydrogens is 330 g/mol. The van der Waals surface area contributed by atoms with Crippen LogP contribution in [0.15, 0.2) is 42.5 Å². The summed E-state index contributed by atoms with van der Waals surface area (Å²) in [4.78, 5) is 29.8. The fraction of sp³-hybridized carbons (Fsp3) is 0.350. The van der Waals surface area contributed by atoms with Gasteiger partial charge in [0, 0.05) is 19.5 Å². The molecule has 26 heavy (non-hydrogen) atoms. The van der Waals surface area contributed by atoms with Crippen LogP contribution in [0.25, 0.3) is 0 Å². The number of nitrogens with one attached hydrogen (secondary N) is 1. The first-order valence-corrected chi connectivity index (χ1v) is 8.78. The zero-order valence-electron chi connectivity index (χ0n) is 15.1. The van der Waals surface area contributed by atoms with Gasteiger partial charge in [-0.15, -0.1) is 0 Å². The van der Waals surface area contributed by atoms with Crippen molar-refractivity contribution in [1.82, 2.24) is 15.2 Å². The van der Waals surface area contributed by atoms with E-state index in [1.807, 2.05) is 49.4 Å². The molecule has 0 radical (unpaired) electrons. The monoisotopic (exact) mass is 353 g/mol. The number of benzene rings is 1. The van der Waals surface area contributed by atoms with Crippen molar-refractivity contribution in [3.63, 3.8) is 0 Å². The van der Waals surface area contributed by atoms with Crippen LogP contribution in [0.1, 0.15) is 37.1 Å². The maximum atomic E-state index is 12.4. The second-order valence-electron chi connectivity index (χ2n) is 6.47. The number of pyridine rings is 1. The lowest BCUT2D eigenvalue weighted by Crippen LogP contribution is -2.39. The third kappa shape index (κ3) is 4.39. The number of likely N-dealkylation sites (tertiary alicyclic amines) is 1. The number of aryl methyl sites for hydroxylation is 1. The van der Waals surface area contributed by atoms with Crippen molar-refractivity contribution < 1.29 is 14.3 Å². The number of carbonyl (C=O) groups excluding carboxylic acids is 2. The average molecular weight is 353 g/mol. The Hall–Kier alpha value is -2.89. The predicted molar refractivity (Wildman–Crippen MR) is 97.9 cm³/mol. The van der Waals surface area contributed by atoms with E-state index in [2.05, 4.69) is 10.3 Å². The Bertz CT molecular complexity index is 789. The number of rotatable bonds is 5. The van der Waals surface area contributed by atoms with Crippen LogP contribution in [0, 0.1) is 6.92 Å². The summed E-state index contributed by atoms with van der Waals surface area (Å²) in [5.74, 6) is 0.938. The number of hydrogen-bond donors (Lipinski definition) is 1. The first kappa shape index (κ1) is 17.9.